The minimum Gasteiger partial charge on any atom is -0.497 e. The summed E-state index contributed by atoms with van der Waals surface area (Å²) < 4.78 is 24.4. The Kier molecular flexibility index (Phi) is 4.74. The van der Waals surface area contributed by atoms with Crippen molar-refractivity contribution >= 4 is 21.7 Å². The molecule has 2 rings (SSSR count). The molecular weight excluding hydrogens is 327 g/mol. The molecule has 0 saturated heterocycles. The van der Waals surface area contributed by atoms with E-state index in [-0.39, 0.29) is 18.1 Å². The molecule has 20 heavy (non-hydrogen) atoms. The highest BCUT2D eigenvalue weighted by Crippen LogP contribution is 2.21. The Hall–Kier alpha value is -1.88. The lowest BCUT2D eigenvalue weighted by Gasteiger charge is -2.07. The molecule has 0 radical (unpaired) electrons. The topological polar surface area (TPSA) is 35.5 Å². The standard InChI is InChI=1S/C15H12BrFO3/c1-19-12-4-2-3-10(7-12)14(18)9-20-15-6-5-11(16)8-13(15)17/h2-8H,9H2,1H3. The number of halogens is 2. The fourth-order valence-electron chi connectivity index (χ4n) is 1.62. The zero-order valence-corrected chi connectivity index (χ0v) is 12.3. The molecule has 0 aliphatic heterocycles. The van der Waals surface area contributed by atoms with Crippen molar-refractivity contribution in [2.24, 2.45) is 0 Å². The molecule has 5 heteroatoms. The number of ether oxygens (including phenoxy) is 2. The van der Waals surface area contributed by atoms with Gasteiger partial charge in [0.15, 0.2) is 24.0 Å². The molecule has 0 amide bonds. The van der Waals surface area contributed by atoms with Gasteiger partial charge in [0.1, 0.15) is 5.75 Å². The lowest BCUT2D eigenvalue weighted by molar-refractivity contribution is 0.0918. The Morgan fingerprint density at radius 1 is 1.25 bits per heavy atom. The van der Waals surface area contributed by atoms with E-state index in [4.69, 9.17) is 9.47 Å². The van der Waals surface area contributed by atoms with Crippen molar-refractivity contribution in [2.45, 2.75) is 0 Å². The molecule has 3 nitrogen and oxygen atoms in total. The monoisotopic (exact) mass is 338 g/mol. The van der Waals surface area contributed by atoms with Gasteiger partial charge in [0.2, 0.25) is 0 Å². The van der Waals surface area contributed by atoms with Gasteiger partial charge >= 0.3 is 0 Å². The summed E-state index contributed by atoms with van der Waals surface area (Å²) in [5.41, 5.74) is 0.460. The van der Waals surface area contributed by atoms with Crippen LogP contribution in [-0.2, 0) is 0 Å². The van der Waals surface area contributed by atoms with Gasteiger partial charge in [-0.25, -0.2) is 4.39 Å². The minimum atomic E-state index is -0.516. The Labute approximate surface area is 124 Å². The highest BCUT2D eigenvalue weighted by molar-refractivity contribution is 9.10. The molecule has 0 heterocycles. The summed E-state index contributed by atoms with van der Waals surface area (Å²) >= 11 is 3.15. The predicted octanol–water partition coefficient (Wildman–Crippen LogP) is 3.86. The zero-order valence-electron chi connectivity index (χ0n) is 10.7. The van der Waals surface area contributed by atoms with Crippen molar-refractivity contribution in [3.63, 3.8) is 0 Å². The molecule has 0 bridgehead atoms. The summed E-state index contributed by atoms with van der Waals surface area (Å²) in [7, 11) is 1.53. The van der Waals surface area contributed by atoms with Crippen molar-refractivity contribution in [3.05, 3.63) is 58.3 Å². The third-order valence-corrected chi connectivity index (χ3v) is 3.14. The van der Waals surface area contributed by atoms with Crippen molar-refractivity contribution in [3.8, 4) is 11.5 Å². The minimum absolute atomic E-state index is 0.0458. The molecule has 0 atom stereocenters. The highest BCUT2D eigenvalue weighted by atomic mass is 79.9. The first-order chi connectivity index (χ1) is 9.60. The number of carbonyl (C=O) groups is 1. The molecule has 0 unspecified atom stereocenters. The maximum Gasteiger partial charge on any atom is 0.200 e. The van der Waals surface area contributed by atoms with Gasteiger partial charge in [0.25, 0.3) is 0 Å². The van der Waals surface area contributed by atoms with Crippen LogP contribution in [0.25, 0.3) is 0 Å². The normalized spacial score (nSPS) is 10.2. The van der Waals surface area contributed by atoms with Crippen LogP contribution in [0, 0.1) is 5.82 Å². The van der Waals surface area contributed by atoms with Gasteiger partial charge in [-0.05, 0) is 30.3 Å². The largest absolute Gasteiger partial charge is 0.497 e. The first-order valence-electron chi connectivity index (χ1n) is 5.85. The lowest BCUT2D eigenvalue weighted by Crippen LogP contribution is -2.12. The molecule has 0 saturated carbocycles. The molecular formula is C15H12BrFO3. The molecule has 0 aromatic heterocycles. The zero-order chi connectivity index (χ0) is 14.5. The second-order valence-corrected chi connectivity index (χ2v) is 4.93. The molecule has 0 N–H and O–H groups in total. The predicted molar refractivity (Wildman–Crippen MR) is 76.9 cm³/mol. The van der Waals surface area contributed by atoms with Gasteiger partial charge < -0.3 is 9.47 Å². The second kappa shape index (κ2) is 6.52. The van der Waals surface area contributed by atoms with Crippen molar-refractivity contribution < 1.29 is 18.7 Å². The van der Waals surface area contributed by atoms with E-state index in [1.807, 2.05) is 0 Å². The van der Waals surface area contributed by atoms with Gasteiger partial charge in [-0.1, -0.05) is 28.1 Å². The third kappa shape index (κ3) is 3.57. The highest BCUT2D eigenvalue weighted by Gasteiger charge is 2.10. The molecule has 0 fully saturated rings. The van der Waals surface area contributed by atoms with Crippen LogP contribution in [0.1, 0.15) is 10.4 Å². The van der Waals surface area contributed by atoms with E-state index in [0.717, 1.165) is 0 Å². The Bertz CT molecular complexity index is 628. The van der Waals surface area contributed by atoms with Gasteiger partial charge in [-0.3, -0.25) is 4.79 Å². The third-order valence-electron chi connectivity index (χ3n) is 2.64. The number of carbonyl (C=O) groups excluding carboxylic acids is 1. The van der Waals surface area contributed by atoms with Crippen LogP contribution < -0.4 is 9.47 Å². The van der Waals surface area contributed by atoms with Gasteiger partial charge in [0.05, 0.1) is 7.11 Å². The van der Waals surface area contributed by atoms with E-state index in [9.17, 15) is 9.18 Å². The first kappa shape index (κ1) is 14.5. The van der Waals surface area contributed by atoms with Crippen LogP contribution in [-0.4, -0.2) is 19.5 Å². The SMILES string of the molecule is COc1cccc(C(=O)COc2ccc(Br)cc2F)c1. The number of hydrogen-bond donors (Lipinski definition) is 0. The molecule has 0 aliphatic rings. The Balaban J connectivity index is 2.04. The number of methoxy groups -OCH3 is 1. The Morgan fingerprint density at radius 3 is 2.75 bits per heavy atom. The average molecular weight is 339 g/mol. The summed E-state index contributed by atoms with van der Waals surface area (Å²) in [6.45, 7) is -0.230. The number of hydrogen-bond acceptors (Lipinski definition) is 3. The van der Waals surface area contributed by atoms with Crippen LogP contribution in [0.3, 0.4) is 0 Å². The van der Waals surface area contributed by atoms with E-state index in [1.165, 1.54) is 19.2 Å². The van der Waals surface area contributed by atoms with E-state index in [1.54, 1.807) is 30.3 Å². The summed E-state index contributed by atoms with van der Waals surface area (Å²) in [5, 5.41) is 0. The van der Waals surface area contributed by atoms with Crippen molar-refractivity contribution in [1.82, 2.24) is 0 Å². The molecule has 2 aromatic carbocycles. The van der Waals surface area contributed by atoms with Crippen molar-refractivity contribution in [1.29, 1.82) is 0 Å². The maximum absolute atomic E-state index is 13.5. The quantitative estimate of drug-likeness (QED) is 0.776. The average Bonchev–Trinajstić information content (AvgIpc) is 2.46. The first-order valence-corrected chi connectivity index (χ1v) is 6.64. The number of ketones is 1. The second-order valence-electron chi connectivity index (χ2n) is 4.02. The van der Waals surface area contributed by atoms with E-state index >= 15 is 0 Å². The summed E-state index contributed by atoms with van der Waals surface area (Å²) in [6, 6.07) is 11.1. The van der Waals surface area contributed by atoms with Crippen molar-refractivity contribution in [2.75, 3.05) is 13.7 Å². The number of benzene rings is 2. The number of rotatable bonds is 5. The fraction of sp³-hybridized carbons (Fsp3) is 0.133. The van der Waals surface area contributed by atoms with Crippen LogP contribution in [0.2, 0.25) is 0 Å². The molecule has 2 aromatic rings. The lowest BCUT2D eigenvalue weighted by atomic mass is 10.1. The molecule has 104 valence electrons. The summed E-state index contributed by atoms with van der Waals surface area (Å²) in [6.07, 6.45) is 0. The number of Topliss-reactive ketones (excluding diaryl/α,β-unsaturated/α-hetero) is 1. The van der Waals surface area contributed by atoms with E-state index < -0.39 is 5.82 Å². The van der Waals surface area contributed by atoms with Gasteiger partial charge in [-0.15, -0.1) is 0 Å². The molecule has 0 spiro atoms. The van der Waals surface area contributed by atoms with Crippen LogP contribution in [0.4, 0.5) is 4.39 Å². The van der Waals surface area contributed by atoms with Gasteiger partial charge in [-0.2, -0.15) is 0 Å². The van der Waals surface area contributed by atoms with E-state index in [2.05, 4.69) is 15.9 Å². The molecule has 0 aliphatic carbocycles. The smallest absolute Gasteiger partial charge is 0.200 e. The summed E-state index contributed by atoms with van der Waals surface area (Å²) in [5.74, 6) is -0.126. The van der Waals surface area contributed by atoms with Gasteiger partial charge in [0, 0.05) is 10.0 Å². The van der Waals surface area contributed by atoms with Crippen LogP contribution in [0.5, 0.6) is 11.5 Å². The maximum atomic E-state index is 13.5. The van der Waals surface area contributed by atoms with E-state index in [0.29, 0.717) is 15.8 Å². The Morgan fingerprint density at radius 2 is 2.05 bits per heavy atom. The summed E-state index contributed by atoms with van der Waals surface area (Å²) in [4.78, 5) is 12.0. The van der Waals surface area contributed by atoms with Crippen LogP contribution >= 0.6 is 15.9 Å². The van der Waals surface area contributed by atoms with Crippen LogP contribution in [0.15, 0.2) is 46.9 Å². The fourth-order valence-corrected chi connectivity index (χ4v) is 1.95.